The lowest BCUT2D eigenvalue weighted by atomic mass is 10.6. The number of ether oxygens (including phenoxy) is 1. The zero-order chi connectivity index (χ0) is 8.69. The number of esters is 1. The van der Waals surface area contributed by atoms with Crippen molar-refractivity contribution in [1.29, 1.82) is 0 Å². The molecule has 0 saturated heterocycles. The van der Waals surface area contributed by atoms with E-state index in [9.17, 15) is 9.59 Å². The van der Waals surface area contributed by atoms with Crippen LogP contribution >= 0.6 is 0 Å². The normalized spacial score (nSPS) is 9.27. The van der Waals surface area contributed by atoms with Crippen molar-refractivity contribution in [2.75, 3.05) is 14.2 Å². The molecule has 0 heterocycles. The average molecular weight is 158 g/mol. The standard InChI is InChI=1S/C6H10N2O3/c1-7-6(10)8-4-3-5(9)11-2/h3-4H,1-2H3,(H2,7,8,10)/b4-3+. The predicted octanol–water partition coefficient (Wildman–Crippen LogP) is -0.398. The van der Waals surface area contributed by atoms with Gasteiger partial charge in [0, 0.05) is 19.3 Å². The van der Waals surface area contributed by atoms with Crippen molar-refractivity contribution in [3.05, 3.63) is 12.3 Å². The van der Waals surface area contributed by atoms with Gasteiger partial charge in [0.2, 0.25) is 0 Å². The van der Waals surface area contributed by atoms with Crippen LogP contribution in [0.5, 0.6) is 0 Å². The van der Waals surface area contributed by atoms with Crippen LogP contribution in [0.4, 0.5) is 4.79 Å². The molecule has 0 aliphatic rings. The molecule has 0 aromatic rings. The molecule has 62 valence electrons. The van der Waals surface area contributed by atoms with E-state index in [1.807, 2.05) is 0 Å². The Balaban J connectivity index is 3.60. The molecule has 0 atom stereocenters. The third-order valence-electron chi connectivity index (χ3n) is 0.862. The second-order valence-corrected chi connectivity index (χ2v) is 1.58. The Morgan fingerprint density at radius 1 is 1.45 bits per heavy atom. The smallest absolute Gasteiger partial charge is 0.331 e. The van der Waals surface area contributed by atoms with Crippen molar-refractivity contribution in [3.8, 4) is 0 Å². The van der Waals surface area contributed by atoms with E-state index in [0.717, 1.165) is 6.08 Å². The Kier molecular flexibility index (Phi) is 4.55. The van der Waals surface area contributed by atoms with Gasteiger partial charge in [0.25, 0.3) is 0 Å². The van der Waals surface area contributed by atoms with Crippen molar-refractivity contribution in [2.24, 2.45) is 0 Å². The molecule has 0 aliphatic heterocycles. The molecule has 0 aromatic heterocycles. The van der Waals surface area contributed by atoms with Gasteiger partial charge in [-0.2, -0.15) is 0 Å². The lowest BCUT2D eigenvalue weighted by Crippen LogP contribution is -2.28. The monoisotopic (exact) mass is 158 g/mol. The summed E-state index contributed by atoms with van der Waals surface area (Å²) in [6.07, 6.45) is 2.31. The Morgan fingerprint density at radius 3 is 2.55 bits per heavy atom. The first-order chi connectivity index (χ1) is 5.20. The van der Waals surface area contributed by atoms with Gasteiger partial charge >= 0.3 is 12.0 Å². The van der Waals surface area contributed by atoms with Gasteiger partial charge in [-0.1, -0.05) is 0 Å². The molecule has 0 unspecified atom stereocenters. The van der Waals surface area contributed by atoms with Gasteiger partial charge in [-0.15, -0.1) is 0 Å². The van der Waals surface area contributed by atoms with E-state index in [1.54, 1.807) is 0 Å². The second kappa shape index (κ2) is 5.28. The largest absolute Gasteiger partial charge is 0.466 e. The first-order valence-electron chi connectivity index (χ1n) is 2.93. The lowest BCUT2D eigenvalue weighted by Gasteiger charge is -1.95. The van der Waals surface area contributed by atoms with E-state index in [0.29, 0.717) is 0 Å². The van der Waals surface area contributed by atoms with Gasteiger partial charge in [0.05, 0.1) is 7.11 Å². The van der Waals surface area contributed by atoms with Crippen LogP contribution in [0.3, 0.4) is 0 Å². The molecule has 5 nitrogen and oxygen atoms in total. The van der Waals surface area contributed by atoms with Crippen LogP contribution in [0.2, 0.25) is 0 Å². The molecule has 0 radical (unpaired) electrons. The number of nitrogens with one attached hydrogen (secondary N) is 2. The van der Waals surface area contributed by atoms with Crippen molar-refractivity contribution in [1.82, 2.24) is 10.6 Å². The number of carbonyl (C=O) groups excluding carboxylic acids is 2. The molecular formula is C6H10N2O3. The highest BCUT2D eigenvalue weighted by Gasteiger charge is 1.91. The van der Waals surface area contributed by atoms with Crippen LogP contribution in [0.1, 0.15) is 0 Å². The van der Waals surface area contributed by atoms with E-state index in [1.165, 1.54) is 20.4 Å². The first kappa shape index (κ1) is 9.48. The highest BCUT2D eigenvalue weighted by atomic mass is 16.5. The van der Waals surface area contributed by atoms with Crippen LogP contribution in [0.25, 0.3) is 0 Å². The lowest BCUT2D eigenvalue weighted by molar-refractivity contribution is -0.134. The van der Waals surface area contributed by atoms with Crippen LogP contribution < -0.4 is 10.6 Å². The summed E-state index contributed by atoms with van der Waals surface area (Å²) in [5.41, 5.74) is 0. The average Bonchev–Trinajstić information content (AvgIpc) is 2.04. The quantitative estimate of drug-likeness (QED) is 0.424. The number of urea groups is 1. The minimum absolute atomic E-state index is 0.384. The van der Waals surface area contributed by atoms with Crippen LogP contribution in [0, 0.1) is 0 Å². The summed E-state index contributed by atoms with van der Waals surface area (Å²) < 4.78 is 4.27. The maximum Gasteiger partial charge on any atom is 0.331 e. The molecular weight excluding hydrogens is 148 g/mol. The van der Waals surface area contributed by atoms with E-state index in [-0.39, 0.29) is 6.03 Å². The Morgan fingerprint density at radius 2 is 2.09 bits per heavy atom. The molecule has 0 aromatic carbocycles. The molecule has 0 spiro atoms. The van der Waals surface area contributed by atoms with E-state index in [4.69, 9.17) is 0 Å². The SMILES string of the molecule is CNC(=O)N/C=C/C(=O)OC. The number of amides is 2. The van der Waals surface area contributed by atoms with Crippen LogP contribution in [-0.4, -0.2) is 26.2 Å². The molecule has 0 aliphatic carbocycles. The molecule has 0 fully saturated rings. The zero-order valence-corrected chi connectivity index (χ0v) is 6.38. The molecule has 2 amide bonds. The topological polar surface area (TPSA) is 67.4 Å². The van der Waals surface area contributed by atoms with Gasteiger partial charge < -0.3 is 15.4 Å². The molecule has 11 heavy (non-hydrogen) atoms. The number of rotatable bonds is 2. The minimum Gasteiger partial charge on any atom is -0.466 e. The van der Waals surface area contributed by atoms with E-state index in [2.05, 4.69) is 15.4 Å². The number of hydrogen-bond donors (Lipinski definition) is 2. The van der Waals surface area contributed by atoms with Crippen molar-refractivity contribution < 1.29 is 14.3 Å². The fourth-order valence-electron chi connectivity index (χ4n) is 0.326. The van der Waals surface area contributed by atoms with Crippen molar-refractivity contribution in [3.63, 3.8) is 0 Å². The third-order valence-corrected chi connectivity index (χ3v) is 0.862. The summed E-state index contributed by atoms with van der Waals surface area (Å²) in [5, 5.41) is 4.57. The first-order valence-corrected chi connectivity index (χ1v) is 2.93. The molecule has 0 bridgehead atoms. The van der Waals surface area contributed by atoms with Gasteiger partial charge in [-0.3, -0.25) is 0 Å². The summed E-state index contributed by atoms with van der Waals surface area (Å²) in [4.78, 5) is 20.9. The summed E-state index contributed by atoms with van der Waals surface area (Å²) >= 11 is 0. The van der Waals surface area contributed by atoms with Crippen LogP contribution in [0.15, 0.2) is 12.3 Å². The molecule has 2 N–H and O–H groups in total. The third kappa shape index (κ3) is 4.95. The molecule has 0 rings (SSSR count). The highest BCUT2D eigenvalue weighted by Crippen LogP contribution is 1.74. The fourth-order valence-corrected chi connectivity index (χ4v) is 0.326. The Labute approximate surface area is 64.4 Å². The van der Waals surface area contributed by atoms with Gasteiger partial charge in [0.1, 0.15) is 0 Å². The molecule has 5 heteroatoms. The zero-order valence-electron chi connectivity index (χ0n) is 6.38. The van der Waals surface area contributed by atoms with Crippen molar-refractivity contribution >= 4 is 12.0 Å². The van der Waals surface area contributed by atoms with Crippen molar-refractivity contribution in [2.45, 2.75) is 0 Å². The summed E-state index contributed by atoms with van der Waals surface area (Å²) in [7, 11) is 2.73. The van der Waals surface area contributed by atoms with Gasteiger partial charge in [-0.05, 0) is 0 Å². The fraction of sp³-hybridized carbons (Fsp3) is 0.333. The maximum atomic E-state index is 10.5. The van der Waals surface area contributed by atoms with Crippen LogP contribution in [-0.2, 0) is 9.53 Å². The summed E-state index contributed by atoms with van der Waals surface area (Å²) in [5.74, 6) is -0.513. The minimum atomic E-state index is -0.513. The Hall–Kier alpha value is -1.52. The number of carbonyl (C=O) groups is 2. The highest BCUT2D eigenvalue weighted by molar-refractivity contribution is 5.83. The van der Waals surface area contributed by atoms with E-state index >= 15 is 0 Å². The predicted molar refractivity (Wildman–Crippen MR) is 38.7 cm³/mol. The number of methoxy groups -OCH3 is 1. The number of hydrogen-bond acceptors (Lipinski definition) is 3. The van der Waals surface area contributed by atoms with Gasteiger partial charge in [-0.25, -0.2) is 9.59 Å². The Bertz CT molecular complexity index is 177. The second-order valence-electron chi connectivity index (χ2n) is 1.58. The molecule has 0 saturated carbocycles. The van der Waals surface area contributed by atoms with E-state index < -0.39 is 5.97 Å². The summed E-state index contributed by atoms with van der Waals surface area (Å²) in [6.45, 7) is 0. The summed E-state index contributed by atoms with van der Waals surface area (Å²) in [6, 6.07) is -0.384. The maximum absolute atomic E-state index is 10.5. The van der Waals surface area contributed by atoms with Gasteiger partial charge in [0.15, 0.2) is 0 Å².